The molecule has 0 saturated heterocycles. The second-order valence-electron chi connectivity index (χ2n) is 4.95. The van der Waals surface area contributed by atoms with Gasteiger partial charge in [-0.05, 0) is 30.3 Å². The largest absolute Gasteiger partial charge is 0.497 e. The number of rotatable bonds is 4. The van der Waals surface area contributed by atoms with E-state index in [-0.39, 0.29) is 5.91 Å². The fourth-order valence-corrected chi connectivity index (χ4v) is 2.47. The molecule has 0 radical (unpaired) electrons. The lowest BCUT2D eigenvalue weighted by Crippen LogP contribution is -2.11. The molecule has 0 bridgehead atoms. The predicted molar refractivity (Wildman–Crippen MR) is 94.5 cm³/mol. The van der Waals surface area contributed by atoms with E-state index in [1.165, 1.54) is 6.20 Å². The number of hydrogen-bond donors (Lipinski definition) is 1. The molecule has 0 aliphatic rings. The molecule has 24 heavy (non-hydrogen) atoms. The minimum Gasteiger partial charge on any atom is -0.497 e. The second-order valence-corrected chi connectivity index (χ2v) is 5.80. The van der Waals surface area contributed by atoms with Crippen LogP contribution in [0.4, 0.5) is 5.69 Å². The van der Waals surface area contributed by atoms with Crippen molar-refractivity contribution in [2.45, 2.75) is 0 Å². The smallest absolute Gasteiger partial charge is 0.258 e. The Morgan fingerprint density at radius 3 is 2.79 bits per heavy atom. The SMILES string of the molecule is COc1ccc(Cl)c(NC(=O)c2cnn(-c3cccc(Cl)c3)c2)c1. The first-order chi connectivity index (χ1) is 11.6. The monoisotopic (exact) mass is 361 g/mol. The Kier molecular flexibility index (Phi) is 4.74. The van der Waals surface area contributed by atoms with Crippen LogP contribution in [0, 0.1) is 0 Å². The summed E-state index contributed by atoms with van der Waals surface area (Å²) in [4.78, 5) is 12.4. The zero-order chi connectivity index (χ0) is 17.1. The lowest BCUT2D eigenvalue weighted by Gasteiger charge is -2.08. The van der Waals surface area contributed by atoms with Crippen molar-refractivity contribution in [3.05, 3.63) is 70.5 Å². The number of methoxy groups -OCH3 is 1. The summed E-state index contributed by atoms with van der Waals surface area (Å²) in [6.45, 7) is 0. The highest BCUT2D eigenvalue weighted by Gasteiger charge is 2.12. The van der Waals surface area contributed by atoms with E-state index in [0.29, 0.717) is 27.0 Å². The summed E-state index contributed by atoms with van der Waals surface area (Å²) >= 11 is 12.1. The van der Waals surface area contributed by atoms with Crippen LogP contribution < -0.4 is 10.1 Å². The van der Waals surface area contributed by atoms with E-state index in [2.05, 4.69) is 10.4 Å². The molecule has 3 rings (SSSR count). The van der Waals surface area contributed by atoms with Crippen LogP contribution in [0.15, 0.2) is 54.9 Å². The summed E-state index contributed by atoms with van der Waals surface area (Å²) in [5.41, 5.74) is 1.63. The average Bonchev–Trinajstić information content (AvgIpc) is 3.07. The number of hydrogen-bond acceptors (Lipinski definition) is 3. The van der Waals surface area contributed by atoms with Gasteiger partial charge < -0.3 is 10.1 Å². The molecule has 122 valence electrons. The molecular weight excluding hydrogens is 349 g/mol. The quantitative estimate of drug-likeness (QED) is 0.747. The number of benzene rings is 2. The standard InChI is InChI=1S/C17H13Cl2N3O2/c1-24-14-5-6-15(19)16(8-14)21-17(23)11-9-20-22(10-11)13-4-2-3-12(18)7-13/h2-10H,1H3,(H,21,23). The van der Waals surface area contributed by atoms with Gasteiger partial charge in [-0.2, -0.15) is 5.10 Å². The van der Waals surface area contributed by atoms with Gasteiger partial charge in [-0.3, -0.25) is 4.79 Å². The molecule has 0 fully saturated rings. The second kappa shape index (κ2) is 6.95. The van der Waals surface area contributed by atoms with Gasteiger partial charge in [0.15, 0.2) is 0 Å². The summed E-state index contributed by atoms with van der Waals surface area (Å²) in [7, 11) is 1.55. The van der Waals surface area contributed by atoms with Gasteiger partial charge >= 0.3 is 0 Å². The molecule has 3 aromatic rings. The van der Waals surface area contributed by atoms with Crippen LogP contribution in [0.5, 0.6) is 5.75 Å². The molecule has 2 aromatic carbocycles. The van der Waals surface area contributed by atoms with Crippen molar-refractivity contribution in [2.24, 2.45) is 0 Å². The number of amides is 1. The third-order valence-corrected chi connectivity index (χ3v) is 3.90. The summed E-state index contributed by atoms with van der Waals surface area (Å²) in [5.74, 6) is 0.280. The maximum atomic E-state index is 12.4. The van der Waals surface area contributed by atoms with Crippen molar-refractivity contribution in [1.29, 1.82) is 0 Å². The number of anilines is 1. The van der Waals surface area contributed by atoms with Crippen molar-refractivity contribution in [2.75, 3.05) is 12.4 Å². The third kappa shape index (κ3) is 3.53. The highest BCUT2D eigenvalue weighted by Crippen LogP contribution is 2.27. The average molecular weight is 362 g/mol. The van der Waals surface area contributed by atoms with Crippen LogP contribution >= 0.6 is 23.2 Å². The fourth-order valence-electron chi connectivity index (χ4n) is 2.12. The number of nitrogens with one attached hydrogen (secondary N) is 1. The van der Waals surface area contributed by atoms with Gasteiger partial charge in [0.1, 0.15) is 5.75 Å². The van der Waals surface area contributed by atoms with Crippen molar-refractivity contribution < 1.29 is 9.53 Å². The van der Waals surface area contributed by atoms with Gasteiger partial charge in [0.2, 0.25) is 0 Å². The topological polar surface area (TPSA) is 56.1 Å². The maximum Gasteiger partial charge on any atom is 0.258 e. The molecule has 0 aliphatic carbocycles. The number of carbonyl (C=O) groups excluding carboxylic acids is 1. The first-order valence-electron chi connectivity index (χ1n) is 7.02. The van der Waals surface area contributed by atoms with E-state index < -0.39 is 0 Å². The Hall–Kier alpha value is -2.50. The van der Waals surface area contributed by atoms with Crippen molar-refractivity contribution in [1.82, 2.24) is 9.78 Å². The molecule has 5 nitrogen and oxygen atoms in total. The van der Waals surface area contributed by atoms with Crippen LogP contribution in [0.1, 0.15) is 10.4 Å². The van der Waals surface area contributed by atoms with Crippen molar-refractivity contribution in [3.63, 3.8) is 0 Å². The maximum absolute atomic E-state index is 12.4. The molecule has 0 unspecified atom stereocenters. The highest BCUT2D eigenvalue weighted by molar-refractivity contribution is 6.34. The van der Waals surface area contributed by atoms with E-state index >= 15 is 0 Å². The molecule has 0 saturated carbocycles. The zero-order valence-corrected chi connectivity index (χ0v) is 14.2. The van der Waals surface area contributed by atoms with Crippen LogP contribution in [-0.4, -0.2) is 22.8 Å². The fraction of sp³-hybridized carbons (Fsp3) is 0.0588. The molecule has 0 aliphatic heterocycles. The third-order valence-electron chi connectivity index (χ3n) is 3.34. The van der Waals surface area contributed by atoms with Gasteiger partial charge in [-0.15, -0.1) is 0 Å². The molecule has 0 atom stereocenters. The number of halogens is 2. The first kappa shape index (κ1) is 16.4. The molecule has 1 heterocycles. The summed E-state index contributed by atoms with van der Waals surface area (Å²) in [6, 6.07) is 12.2. The molecular formula is C17H13Cl2N3O2. The zero-order valence-electron chi connectivity index (χ0n) is 12.7. The number of carbonyl (C=O) groups is 1. The molecule has 0 spiro atoms. The predicted octanol–water partition coefficient (Wildman–Crippen LogP) is 4.44. The van der Waals surface area contributed by atoms with E-state index in [9.17, 15) is 4.79 Å². The Balaban J connectivity index is 1.82. The van der Waals surface area contributed by atoms with Crippen LogP contribution in [0.25, 0.3) is 5.69 Å². The minimum atomic E-state index is -0.321. The molecule has 1 amide bonds. The van der Waals surface area contributed by atoms with E-state index in [0.717, 1.165) is 5.69 Å². The Morgan fingerprint density at radius 2 is 2.04 bits per heavy atom. The summed E-state index contributed by atoms with van der Waals surface area (Å²) < 4.78 is 6.71. The van der Waals surface area contributed by atoms with Crippen LogP contribution in [0.2, 0.25) is 10.0 Å². The van der Waals surface area contributed by atoms with Crippen LogP contribution in [-0.2, 0) is 0 Å². The van der Waals surface area contributed by atoms with Crippen molar-refractivity contribution >= 4 is 34.8 Å². The summed E-state index contributed by atoms with van der Waals surface area (Å²) in [6.07, 6.45) is 3.10. The Bertz CT molecular complexity index is 893. The van der Waals surface area contributed by atoms with Gasteiger partial charge in [0, 0.05) is 17.3 Å². The molecule has 1 N–H and O–H groups in total. The van der Waals surface area contributed by atoms with E-state index in [4.69, 9.17) is 27.9 Å². The van der Waals surface area contributed by atoms with Gasteiger partial charge in [0.05, 0.1) is 35.3 Å². The van der Waals surface area contributed by atoms with E-state index in [1.807, 2.05) is 12.1 Å². The van der Waals surface area contributed by atoms with Gasteiger partial charge in [-0.1, -0.05) is 29.3 Å². The van der Waals surface area contributed by atoms with Crippen LogP contribution in [0.3, 0.4) is 0 Å². The lowest BCUT2D eigenvalue weighted by atomic mass is 10.2. The number of ether oxygens (including phenoxy) is 1. The van der Waals surface area contributed by atoms with E-state index in [1.54, 1.807) is 48.3 Å². The molecule has 1 aromatic heterocycles. The minimum absolute atomic E-state index is 0.321. The van der Waals surface area contributed by atoms with Gasteiger partial charge in [0.25, 0.3) is 5.91 Å². The Labute approximate surface area is 148 Å². The summed E-state index contributed by atoms with van der Waals surface area (Å²) in [5, 5.41) is 7.95. The Morgan fingerprint density at radius 1 is 1.21 bits per heavy atom. The normalized spacial score (nSPS) is 10.5. The molecule has 7 heteroatoms. The number of nitrogens with zero attached hydrogens (tertiary/aromatic N) is 2. The lowest BCUT2D eigenvalue weighted by molar-refractivity contribution is 0.102. The first-order valence-corrected chi connectivity index (χ1v) is 7.78. The highest BCUT2D eigenvalue weighted by atomic mass is 35.5. The number of aromatic nitrogens is 2. The van der Waals surface area contributed by atoms with Crippen molar-refractivity contribution in [3.8, 4) is 11.4 Å². The van der Waals surface area contributed by atoms with Gasteiger partial charge in [-0.25, -0.2) is 4.68 Å².